The normalized spacial score (nSPS) is 18.5. The first-order valence-corrected chi connectivity index (χ1v) is 9.94. The number of hydrogen-bond acceptors (Lipinski definition) is 4. The Balaban J connectivity index is 1.59. The van der Waals surface area contributed by atoms with Crippen LogP contribution in [0, 0.1) is 0 Å². The molecule has 5 nitrogen and oxygen atoms in total. The van der Waals surface area contributed by atoms with E-state index in [0.717, 1.165) is 35.7 Å². The zero-order valence-electron chi connectivity index (χ0n) is 14.9. The third-order valence-corrected chi connectivity index (χ3v) is 5.89. The van der Waals surface area contributed by atoms with Gasteiger partial charge in [-0.05, 0) is 61.6 Å². The number of rotatable bonds is 3. The van der Waals surface area contributed by atoms with Gasteiger partial charge in [-0.1, -0.05) is 0 Å². The number of thioether (sulfide) groups is 1. The van der Waals surface area contributed by atoms with Gasteiger partial charge in [0.1, 0.15) is 6.17 Å². The van der Waals surface area contributed by atoms with E-state index in [1.54, 1.807) is 23.9 Å². The third kappa shape index (κ3) is 2.84. The van der Waals surface area contributed by atoms with Crippen molar-refractivity contribution in [3.63, 3.8) is 0 Å². The second-order valence-electron chi connectivity index (χ2n) is 6.65. The Bertz CT molecular complexity index is 866. The summed E-state index contributed by atoms with van der Waals surface area (Å²) in [4.78, 5) is 30.5. The second kappa shape index (κ2) is 6.68. The van der Waals surface area contributed by atoms with Crippen LogP contribution < -0.4 is 10.2 Å². The van der Waals surface area contributed by atoms with Crippen LogP contribution in [0.2, 0.25) is 0 Å². The molecule has 0 spiro atoms. The molecule has 0 bridgehead atoms. The molecule has 0 saturated carbocycles. The van der Waals surface area contributed by atoms with Gasteiger partial charge >= 0.3 is 0 Å². The highest BCUT2D eigenvalue weighted by atomic mass is 32.2. The van der Waals surface area contributed by atoms with E-state index in [1.165, 1.54) is 0 Å². The molecule has 2 aliphatic heterocycles. The average Bonchev–Trinajstić information content (AvgIpc) is 3.16. The number of hydrogen-bond donors (Lipinski definition) is 1. The monoisotopic (exact) mass is 367 g/mol. The zero-order chi connectivity index (χ0) is 18.3. The summed E-state index contributed by atoms with van der Waals surface area (Å²) in [6.45, 7) is 0.807. The highest BCUT2D eigenvalue weighted by Gasteiger charge is 2.38. The molecule has 2 heterocycles. The SMILES string of the molecule is CSc1ccc(NC(=O)c2ccc3c(c2)N(C)C2CCCN2C3=O)cc1. The van der Waals surface area contributed by atoms with Crippen LogP contribution in [0.3, 0.4) is 0 Å². The van der Waals surface area contributed by atoms with Gasteiger partial charge in [0.05, 0.1) is 11.3 Å². The predicted molar refractivity (Wildman–Crippen MR) is 105 cm³/mol. The van der Waals surface area contributed by atoms with Crippen LogP contribution in [0.1, 0.15) is 33.6 Å². The number of nitrogens with one attached hydrogen (secondary N) is 1. The number of carbonyl (C=O) groups excluding carboxylic acids is 2. The van der Waals surface area contributed by atoms with Crippen molar-refractivity contribution in [3.05, 3.63) is 53.6 Å². The smallest absolute Gasteiger partial charge is 0.257 e. The lowest BCUT2D eigenvalue weighted by Crippen LogP contribution is -2.50. The van der Waals surface area contributed by atoms with E-state index in [9.17, 15) is 9.59 Å². The van der Waals surface area contributed by atoms with Crippen LogP contribution in [0.15, 0.2) is 47.4 Å². The number of benzene rings is 2. The predicted octanol–water partition coefficient (Wildman–Crippen LogP) is 3.67. The average molecular weight is 367 g/mol. The fourth-order valence-electron chi connectivity index (χ4n) is 3.73. The molecule has 2 aliphatic rings. The van der Waals surface area contributed by atoms with E-state index in [2.05, 4.69) is 10.2 Å². The fraction of sp³-hybridized carbons (Fsp3) is 0.300. The number of fused-ring (bicyclic) bond motifs is 2. The summed E-state index contributed by atoms with van der Waals surface area (Å²) >= 11 is 1.66. The first kappa shape index (κ1) is 17.0. The fourth-order valence-corrected chi connectivity index (χ4v) is 4.14. The van der Waals surface area contributed by atoms with Gasteiger partial charge in [-0.15, -0.1) is 11.8 Å². The standard InChI is InChI=1S/C20H21N3O2S/c1-22-17-12-13(19(24)21-14-6-8-15(26-2)9-7-14)5-10-16(17)20(25)23-11-3-4-18(22)23/h5-10,12,18H,3-4,11H2,1-2H3,(H,21,24). The molecular formula is C20H21N3O2S. The molecule has 134 valence electrons. The molecule has 1 atom stereocenters. The number of nitrogens with zero attached hydrogens (tertiary/aromatic N) is 2. The molecule has 1 unspecified atom stereocenters. The van der Waals surface area contributed by atoms with Gasteiger partial charge < -0.3 is 15.1 Å². The molecule has 1 N–H and O–H groups in total. The van der Waals surface area contributed by atoms with Gasteiger partial charge in [-0.3, -0.25) is 9.59 Å². The Morgan fingerprint density at radius 2 is 1.96 bits per heavy atom. The number of amides is 2. The van der Waals surface area contributed by atoms with Crippen molar-refractivity contribution in [1.29, 1.82) is 0 Å². The molecule has 2 aromatic rings. The minimum Gasteiger partial charge on any atom is -0.354 e. The summed E-state index contributed by atoms with van der Waals surface area (Å²) < 4.78 is 0. The first-order chi connectivity index (χ1) is 12.6. The topological polar surface area (TPSA) is 52.7 Å². The van der Waals surface area contributed by atoms with Gasteiger partial charge in [0.15, 0.2) is 0 Å². The van der Waals surface area contributed by atoms with E-state index >= 15 is 0 Å². The maximum absolute atomic E-state index is 12.7. The van der Waals surface area contributed by atoms with Crippen molar-refractivity contribution in [1.82, 2.24) is 4.90 Å². The van der Waals surface area contributed by atoms with E-state index in [4.69, 9.17) is 0 Å². The summed E-state index contributed by atoms with van der Waals surface area (Å²) in [5, 5.41) is 2.93. The zero-order valence-corrected chi connectivity index (χ0v) is 15.7. The summed E-state index contributed by atoms with van der Waals surface area (Å²) in [6, 6.07) is 13.1. The van der Waals surface area contributed by atoms with Crippen molar-refractivity contribution in [2.45, 2.75) is 23.9 Å². The maximum Gasteiger partial charge on any atom is 0.257 e. The Morgan fingerprint density at radius 1 is 1.19 bits per heavy atom. The Morgan fingerprint density at radius 3 is 2.69 bits per heavy atom. The molecule has 2 amide bonds. The summed E-state index contributed by atoms with van der Waals surface area (Å²) in [7, 11) is 2.00. The second-order valence-corrected chi connectivity index (χ2v) is 7.53. The van der Waals surface area contributed by atoms with Crippen molar-refractivity contribution >= 4 is 35.0 Å². The van der Waals surface area contributed by atoms with E-state index in [0.29, 0.717) is 11.1 Å². The minimum absolute atomic E-state index is 0.0696. The van der Waals surface area contributed by atoms with Gasteiger partial charge in [-0.2, -0.15) is 0 Å². The van der Waals surface area contributed by atoms with Crippen LogP contribution in [0.5, 0.6) is 0 Å². The van der Waals surface area contributed by atoms with Gasteiger partial charge in [0, 0.05) is 29.7 Å². The summed E-state index contributed by atoms with van der Waals surface area (Å²) in [5.41, 5.74) is 2.83. The first-order valence-electron chi connectivity index (χ1n) is 8.72. The van der Waals surface area contributed by atoms with Crippen LogP contribution >= 0.6 is 11.8 Å². The van der Waals surface area contributed by atoms with Crippen molar-refractivity contribution in [2.75, 3.05) is 30.1 Å². The van der Waals surface area contributed by atoms with Crippen molar-refractivity contribution in [3.8, 4) is 0 Å². The summed E-state index contributed by atoms with van der Waals surface area (Å²) in [6.07, 6.45) is 4.12. The molecular weight excluding hydrogens is 346 g/mol. The van der Waals surface area contributed by atoms with Crippen LogP contribution in [-0.4, -0.2) is 42.7 Å². The summed E-state index contributed by atoms with van der Waals surface area (Å²) in [5.74, 6) is -0.0976. The highest BCUT2D eigenvalue weighted by Crippen LogP contribution is 2.35. The molecule has 0 aliphatic carbocycles. The molecule has 0 aromatic heterocycles. The quantitative estimate of drug-likeness (QED) is 0.841. The van der Waals surface area contributed by atoms with E-state index in [-0.39, 0.29) is 18.0 Å². The molecule has 26 heavy (non-hydrogen) atoms. The van der Waals surface area contributed by atoms with Gasteiger partial charge in [0.25, 0.3) is 11.8 Å². The Hall–Kier alpha value is -2.47. The minimum atomic E-state index is -0.167. The molecule has 0 radical (unpaired) electrons. The Labute approximate surface area is 157 Å². The van der Waals surface area contributed by atoms with Gasteiger partial charge in [-0.25, -0.2) is 0 Å². The van der Waals surface area contributed by atoms with Crippen LogP contribution in [0.4, 0.5) is 11.4 Å². The van der Waals surface area contributed by atoms with Crippen LogP contribution in [-0.2, 0) is 0 Å². The van der Waals surface area contributed by atoms with E-state index in [1.807, 2.05) is 48.5 Å². The Kier molecular flexibility index (Phi) is 4.36. The molecule has 4 rings (SSSR count). The lowest BCUT2D eigenvalue weighted by atomic mass is 10.0. The lowest BCUT2D eigenvalue weighted by Gasteiger charge is -2.40. The molecule has 6 heteroatoms. The largest absolute Gasteiger partial charge is 0.354 e. The lowest BCUT2D eigenvalue weighted by molar-refractivity contribution is 0.0719. The molecule has 1 fully saturated rings. The molecule has 2 aromatic carbocycles. The highest BCUT2D eigenvalue weighted by molar-refractivity contribution is 7.98. The van der Waals surface area contributed by atoms with Gasteiger partial charge in [0.2, 0.25) is 0 Å². The third-order valence-electron chi connectivity index (χ3n) is 5.15. The molecule has 1 saturated heterocycles. The van der Waals surface area contributed by atoms with E-state index < -0.39 is 0 Å². The van der Waals surface area contributed by atoms with Crippen molar-refractivity contribution in [2.24, 2.45) is 0 Å². The number of anilines is 2. The maximum atomic E-state index is 12.7. The van der Waals surface area contributed by atoms with Crippen molar-refractivity contribution < 1.29 is 9.59 Å². The van der Waals surface area contributed by atoms with Crippen LogP contribution in [0.25, 0.3) is 0 Å². The number of carbonyl (C=O) groups is 2.